The normalized spacial score (nSPS) is 15.6. The highest BCUT2D eigenvalue weighted by Crippen LogP contribution is 2.35. The minimum absolute atomic E-state index is 0.249. The third-order valence-electron chi connectivity index (χ3n) is 5.79. The molecule has 0 bridgehead atoms. The van der Waals surface area contributed by atoms with Crippen LogP contribution in [0.1, 0.15) is 54.0 Å². The van der Waals surface area contributed by atoms with Crippen molar-refractivity contribution in [3.63, 3.8) is 0 Å². The summed E-state index contributed by atoms with van der Waals surface area (Å²) < 4.78 is 1.44. The molecule has 34 heavy (non-hydrogen) atoms. The summed E-state index contributed by atoms with van der Waals surface area (Å²) in [5.41, 5.74) is 3.17. The zero-order valence-electron chi connectivity index (χ0n) is 19.6. The number of carbonyl (C=O) groups is 2. The molecule has 0 aliphatic carbocycles. The van der Waals surface area contributed by atoms with Crippen LogP contribution in [0.5, 0.6) is 0 Å². The largest absolute Gasteiger partial charge is 0.349 e. The maximum absolute atomic E-state index is 13.8. The number of rotatable bonds is 3. The van der Waals surface area contributed by atoms with Gasteiger partial charge >= 0.3 is 0 Å². The molecule has 1 atom stereocenters. The van der Waals surface area contributed by atoms with Crippen LogP contribution in [0.15, 0.2) is 60.8 Å². The second-order valence-corrected chi connectivity index (χ2v) is 9.69. The van der Waals surface area contributed by atoms with Crippen molar-refractivity contribution in [1.29, 1.82) is 0 Å². The summed E-state index contributed by atoms with van der Waals surface area (Å²) in [6, 6.07) is 16.6. The van der Waals surface area contributed by atoms with E-state index in [2.05, 4.69) is 15.6 Å². The Morgan fingerprint density at radius 3 is 2.56 bits per heavy atom. The number of carbonyl (C=O) groups excluding carboxylic acids is 2. The van der Waals surface area contributed by atoms with Crippen LogP contribution in [-0.2, 0) is 11.3 Å². The minimum Gasteiger partial charge on any atom is -0.349 e. The highest BCUT2D eigenvalue weighted by Gasteiger charge is 2.40. The molecule has 1 N–H and O–H groups in total. The van der Waals surface area contributed by atoms with E-state index in [1.165, 1.54) is 10.9 Å². The third kappa shape index (κ3) is 3.91. The number of para-hydroxylation sites is 1. The fourth-order valence-corrected chi connectivity index (χ4v) is 4.24. The van der Waals surface area contributed by atoms with Gasteiger partial charge in [0.1, 0.15) is 6.04 Å². The number of hydrogen-bond acceptors (Lipinski definition) is 5. The van der Waals surface area contributed by atoms with Crippen LogP contribution in [0.25, 0.3) is 16.7 Å². The molecule has 3 heterocycles. The van der Waals surface area contributed by atoms with E-state index < -0.39 is 11.6 Å². The van der Waals surface area contributed by atoms with Crippen LogP contribution >= 0.6 is 0 Å². The Bertz CT molecular complexity index is 1400. The van der Waals surface area contributed by atoms with Gasteiger partial charge in [-0.1, -0.05) is 53.2 Å². The van der Waals surface area contributed by atoms with Crippen molar-refractivity contribution in [2.45, 2.75) is 45.8 Å². The van der Waals surface area contributed by atoms with Gasteiger partial charge in [-0.2, -0.15) is 4.68 Å². The molecular formula is C26H26N6O2. The van der Waals surface area contributed by atoms with Gasteiger partial charge in [0.15, 0.2) is 11.5 Å². The number of amides is 2. The Balaban J connectivity index is 1.74. The van der Waals surface area contributed by atoms with Crippen molar-refractivity contribution in [3.05, 3.63) is 83.2 Å². The number of fused-ring (bicyclic) bond motifs is 4. The fourth-order valence-electron chi connectivity index (χ4n) is 4.24. The molecular weight excluding hydrogens is 428 g/mol. The maximum atomic E-state index is 13.8. The first-order valence-corrected chi connectivity index (χ1v) is 11.2. The lowest BCUT2D eigenvalue weighted by Crippen LogP contribution is -2.48. The number of hydrogen-bond donors (Lipinski definition) is 1. The Hall–Kier alpha value is -4.07. The van der Waals surface area contributed by atoms with Gasteiger partial charge in [-0.15, -0.1) is 5.10 Å². The molecule has 2 amide bonds. The number of aryl methyl sites for hydroxylation is 1. The van der Waals surface area contributed by atoms with Gasteiger partial charge in [0.25, 0.3) is 5.91 Å². The molecule has 8 nitrogen and oxygen atoms in total. The summed E-state index contributed by atoms with van der Waals surface area (Å²) in [4.78, 5) is 34.0. The van der Waals surface area contributed by atoms with Crippen LogP contribution < -0.4 is 5.32 Å². The first-order chi connectivity index (χ1) is 16.2. The van der Waals surface area contributed by atoms with E-state index in [-0.39, 0.29) is 24.1 Å². The molecule has 172 valence electrons. The summed E-state index contributed by atoms with van der Waals surface area (Å²) in [7, 11) is 0. The maximum Gasteiger partial charge on any atom is 0.275 e. The monoisotopic (exact) mass is 454 g/mol. The lowest BCUT2D eigenvalue weighted by molar-refractivity contribution is -0.127. The highest BCUT2D eigenvalue weighted by molar-refractivity contribution is 5.99. The molecule has 1 aliphatic heterocycles. The summed E-state index contributed by atoms with van der Waals surface area (Å²) in [6.45, 7) is 8.02. The van der Waals surface area contributed by atoms with Crippen molar-refractivity contribution in [2.75, 3.05) is 0 Å². The summed E-state index contributed by atoms with van der Waals surface area (Å²) >= 11 is 0. The Labute approximate surface area is 197 Å². The van der Waals surface area contributed by atoms with Crippen LogP contribution in [0.2, 0.25) is 0 Å². The first-order valence-electron chi connectivity index (χ1n) is 11.2. The minimum atomic E-state index is -0.901. The SMILES string of the molecule is Cc1ccc(CN2C(=O)c3cnnn3-c3nc4ccccc4cc3C2C(=O)NC(C)(C)C)cc1. The average Bonchev–Trinajstić information content (AvgIpc) is 3.24. The molecule has 4 aromatic rings. The lowest BCUT2D eigenvalue weighted by Gasteiger charge is -2.32. The van der Waals surface area contributed by atoms with Gasteiger partial charge in [-0.3, -0.25) is 9.59 Å². The molecule has 0 spiro atoms. The predicted molar refractivity (Wildman–Crippen MR) is 128 cm³/mol. The Morgan fingerprint density at radius 1 is 1.09 bits per heavy atom. The van der Waals surface area contributed by atoms with Crippen molar-refractivity contribution >= 4 is 22.7 Å². The second-order valence-electron chi connectivity index (χ2n) is 9.69. The molecule has 1 aliphatic rings. The number of nitrogens with one attached hydrogen (secondary N) is 1. The predicted octanol–water partition coefficient (Wildman–Crippen LogP) is 3.74. The van der Waals surface area contributed by atoms with E-state index in [1.807, 2.05) is 82.3 Å². The van der Waals surface area contributed by atoms with Crippen LogP contribution in [-0.4, -0.2) is 42.2 Å². The number of pyridine rings is 1. The van der Waals surface area contributed by atoms with Gasteiger partial charge in [-0.05, 0) is 45.4 Å². The topological polar surface area (TPSA) is 93.0 Å². The van der Waals surface area contributed by atoms with E-state index in [1.54, 1.807) is 4.90 Å². The zero-order chi connectivity index (χ0) is 24.0. The van der Waals surface area contributed by atoms with Crippen molar-refractivity contribution in [2.24, 2.45) is 0 Å². The number of aromatic nitrogens is 4. The third-order valence-corrected chi connectivity index (χ3v) is 5.79. The molecule has 0 saturated carbocycles. The Kier molecular flexibility index (Phi) is 5.16. The van der Waals surface area contributed by atoms with E-state index in [0.717, 1.165) is 22.0 Å². The van der Waals surface area contributed by atoms with E-state index in [0.29, 0.717) is 11.4 Å². The van der Waals surface area contributed by atoms with Crippen molar-refractivity contribution in [3.8, 4) is 5.82 Å². The van der Waals surface area contributed by atoms with E-state index in [9.17, 15) is 9.59 Å². The smallest absolute Gasteiger partial charge is 0.275 e. The number of nitrogens with zero attached hydrogens (tertiary/aromatic N) is 5. The molecule has 8 heteroatoms. The van der Waals surface area contributed by atoms with E-state index in [4.69, 9.17) is 4.98 Å². The highest BCUT2D eigenvalue weighted by atomic mass is 16.2. The quantitative estimate of drug-likeness (QED) is 0.509. The second kappa shape index (κ2) is 8.06. The number of benzene rings is 2. The molecule has 2 aromatic heterocycles. The summed E-state index contributed by atoms with van der Waals surface area (Å²) in [6.07, 6.45) is 1.43. The molecule has 0 fully saturated rings. The van der Waals surface area contributed by atoms with Gasteiger partial charge in [0, 0.05) is 23.0 Å². The molecule has 5 rings (SSSR count). The molecule has 1 unspecified atom stereocenters. The van der Waals surface area contributed by atoms with Crippen molar-refractivity contribution < 1.29 is 9.59 Å². The van der Waals surface area contributed by atoms with Crippen LogP contribution in [0.3, 0.4) is 0 Å². The standard InChI is InChI=1S/C26H26N6O2/c1-16-9-11-17(12-10-16)15-31-22(24(33)29-26(2,3)4)19-13-18-7-5-6-8-20(18)28-23(19)32-21(25(31)34)14-27-30-32/h5-14,22H,15H2,1-4H3,(H,29,33). The Morgan fingerprint density at radius 2 is 1.82 bits per heavy atom. The average molecular weight is 455 g/mol. The fraction of sp³-hybridized carbons (Fsp3) is 0.269. The summed E-state index contributed by atoms with van der Waals surface area (Å²) in [5.74, 6) is -0.174. The first kappa shape index (κ1) is 21.8. The van der Waals surface area contributed by atoms with Crippen LogP contribution in [0.4, 0.5) is 0 Å². The molecule has 0 radical (unpaired) electrons. The molecule has 0 saturated heterocycles. The van der Waals surface area contributed by atoms with Crippen molar-refractivity contribution in [1.82, 2.24) is 30.2 Å². The van der Waals surface area contributed by atoms with Gasteiger partial charge in [-0.25, -0.2) is 4.98 Å². The van der Waals surface area contributed by atoms with Gasteiger partial charge in [0.2, 0.25) is 5.91 Å². The van der Waals surface area contributed by atoms with Crippen LogP contribution in [0, 0.1) is 6.92 Å². The van der Waals surface area contributed by atoms with Gasteiger partial charge < -0.3 is 10.2 Å². The van der Waals surface area contributed by atoms with E-state index >= 15 is 0 Å². The zero-order valence-corrected chi connectivity index (χ0v) is 19.6. The van der Waals surface area contributed by atoms with Gasteiger partial charge in [0.05, 0.1) is 11.7 Å². The molecule has 2 aromatic carbocycles. The lowest BCUT2D eigenvalue weighted by atomic mass is 10.00. The summed E-state index contributed by atoms with van der Waals surface area (Å²) in [5, 5.41) is 12.1.